The summed E-state index contributed by atoms with van der Waals surface area (Å²) in [4.78, 5) is 2.36. The fraction of sp³-hybridized carbons (Fsp3) is 0.800. The summed E-state index contributed by atoms with van der Waals surface area (Å²) in [5.74, 6) is 1.13. The molecular formula is C15H28N4OS. The minimum absolute atomic E-state index is 0.351. The number of nitrogens with zero attached hydrogens (tertiary/aromatic N) is 3. The molecule has 1 atom stereocenters. The molecule has 0 spiro atoms. The Labute approximate surface area is 131 Å². The van der Waals surface area contributed by atoms with Crippen molar-refractivity contribution < 1.29 is 5.11 Å². The summed E-state index contributed by atoms with van der Waals surface area (Å²) >= 11 is 2.03. The number of rotatable bonds is 4. The second kappa shape index (κ2) is 6.58. The largest absolute Gasteiger partial charge is 0.396 e. The lowest BCUT2D eigenvalue weighted by Crippen LogP contribution is -2.37. The number of hydrogen-bond donors (Lipinski definition) is 2. The van der Waals surface area contributed by atoms with Crippen LogP contribution < -0.4 is 5.73 Å². The van der Waals surface area contributed by atoms with Crippen molar-refractivity contribution in [2.24, 2.45) is 0 Å². The predicted octanol–water partition coefficient (Wildman–Crippen LogP) is 1.66. The Morgan fingerprint density at radius 1 is 1.33 bits per heavy atom. The Morgan fingerprint density at radius 3 is 2.67 bits per heavy atom. The van der Waals surface area contributed by atoms with Gasteiger partial charge in [0.25, 0.3) is 0 Å². The summed E-state index contributed by atoms with van der Waals surface area (Å²) in [6, 6.07) is 0. The number of aliphatic hydroxyl groups is 1. The second-order valence-electron chi connectivity index (χ2n) is 6.58. The Morgan fingerprint density at radius 2 is 2.05 bits per heavy atom. The molecule has 1 aromatic rings. The van der Waals surface area contributed by atoms with E-state index >= 15 is 0 Å². The van der Waals surface area contributed by atoms with E-state index in [1.807, 2.05) is 30.3 Å². The van der Waals surface area contributed by atoms with E-state index in [9.17, 15) is 5.11 Å². The van der Waals surface area contributed by atoms with Crippen molar-refractivity contribution in [3.8, 4) is 0 Å². The first-order valence-corrected chi connectivity index (χ1v) is 8.61. The van der Waals surface area contributed by atoms with E-state index in [0.717, 1.165) is 42.3 Å². The van der Waals surface area contributed by atoms with Crippen molar-refractivity contribution >= 4 is 17.4 Å². The van der Waals surface area contributed by atoms with Gasteiger partial charge in [-0.1, -0.05) is 13.8 Å². The molecule has 1 fully saturated rings. The number of nitrogens with two attached hydrogens (primary N) is 1. The first kappa shape index (κ1) is 16.6. The van der Waals surface area contributed by atoms with Crippen LogP contribution in [0.4, 0.5) is 5.69 Å². The van der Waals surface area contributed by atoms with Gasteiger partial charge in [0.05, 0.1) is 29.7 Å². The van der Waals surface area contributed by atoms with Gasteiger partial charge in [-0.15, -0.1) is 0 Å². The van der Waals surface area contributed by atoms with Gasteiger partial charge in [-0.05, 0) is 26.8 Å². The molecule has 1 aliphatic heterocycles. The zero-order valence-corrected chi connectivity index (χ0v) is 14.4. The number of aliphatic hydroxyl groups excluding tert-OH is 1. The van der Waals surface area contributed by atoms with E-state index in [4.69, 9.17) is 5.73 Å². The summed E-state index contributed by atoms with van der Waals surface area (Å²) in [5.41, 5.74) is 8.45. The third kappa shape index (κ3) is 4.37. The smallest absolute Gasteiger partial charge is 0.0862 e. The highest BCUT2D eigenvalue weighted by Gasteiger charge is 2.24. The van der Waals surface area contributed by atoms with Gasteiger partial charge in [-0.2, -0.15) is 16.9 Å². The molecule has 1 saturated heterocycles. The molecule has 0 radical (unpaired) electrons. The molecule has 0 bridgehead atoms. The number of hydrogen-bond acceptors (Lipinski definition) is 5. The van der Waals surface area contributed by atoms with Crippen LogP contribution in [-0.2, 0) is 6.54 Å². The molecule has 1 aliphatic rings. The fourth-order valence-corrected chi connectivity index (χ4v) is 3.83. The predicted molar refractivity (Wildman–Crippen MR) is 89.7 cm³/mol. The SMILES string of the molecule is Cc1nn(CC(O)CN2CCSC(C)(C)CC2)c(C)c1N. The van der Waals surface area contributed by atoms with Crippen LogP contribution in [0, 0.1) is 13.8 Å². The highest BCUT2D eigenvalue weighted by atomic mass is 32.2. The van der Waals surface area contributed by atoms with Crippen molar-refractivity contribution in [1.82, 2.24) is 14.7 Å². The van der Waals surface area contributed by atoms with Crippen molar-refractivity contribution in [3.63, 3.8) is 0 Å². The Bertz CT molecular complexity index is 486. The lowest BCUT2D eigenvalue weighted by Gasteiger charge is -2.24. The van der Waals surface area contributed by atoms with Crippen LogP contribution in [0.5, 0.6) is 0 Å². The number of thioether (sulfide) groups is 1. The van der Waals surface area contributed by atoms with Gasteiger partial charge >= 0.3 is 0 Å². The summed E-state index contributed by atoms with van der Waals surface area (Å²) in [6.07, 6.45) is 0.755. The quantitative estimate of drug-likeness (QED) is 0.885. The maximum Gasteiger partial charge on any atom is 0.0862 e. The van der Waals surface area contributed by atoms with Gasteiger partial charge in [0.2, 0.25) is 0 Å². The number of β-amino-alcohol motifs (C(OH)–C–C–N with tert-alkyl or cyclic N) is 1. The Hall–Kier alpha value is -0.720. The average molecular weight is 312 g/mol. The van der Waals surface area contributed by atoms with Gasteiger partial charge in [-0.25, -0.2) is 0 Å². The summed E-state index contributed by atoms with van der Waals surface area (Å²) in [6.45, 7) is 11.8. The normalized spacial score (nSPS) is 21.2. The zero-order valence-electron chi connectivity index (χ0n) is 13.6. The van der Waals surface area contributed by atoms with Crippen molar-refractivity contribution in [2.75, 3.05) is 31.1 Å². The van der Waals surface area contributed by atoms with Gasteiger partial charge in [0.1, 0.15) is 0 Å². The van der Waals surface area contributed by atoms with Gasteiger partial charge < -0.3 is 10.8 Å². The first-order valence-electron chi connectivity index (χ1n) is 7.62. The molecule has 0 aliphatic carbocycles. The van der Waals surface area contributed by atoms with Crippen LogP contribution in [0.25, 0.3) is 0 Å². The molecule has 0 amide bonds. The molecule has 2 heterocycles. The maximum absolute atomic E-state index is 10.4. The van der Waals surface area contributed by atoms with Crippen LogP contribution in [0.15, 0.2) is 0 Å². The molecular weight excluding hydrogens is 284 g/mol. The lowest BCUT2D eigenvalue weighted by atomic mass is 10.1. The average Bonchev–Trinajstić information content (AvgIpc) is 2.56. The third-order valence-electron chi connectivity index (χ3n) is 4.22. The molecule has 1 unspecified atom stereocenters. The van der Waals surface area contributed by atoms with E-state index in [0.29, 0.717) is 17.8 Å². The number of nitrogen functional groups attached to an aromatic ring is 1. The zero-order chi connectivity index (χ0) is 15.6. The molecule has 6 heteroatoms. The Balaban J connectivity index is 1.89. The second-order valence-corrected chi connectivity index (χ2v) is 8.38. The minimum Gasteiger partial charge on any atom is -0.396 e. The van der Waals surface area contributed by atoms with Crippen LogP contribution in [0.2, 0.25) is 0 Å². The number of anilines is 1. The molecule has 0 saturated carbocycles. The van der Waals surface area contributed by atoms with Crippen molar-refractivity contribution in [1.29, 1.82) is 0 Å². The molecule has 2 rings (SSSR count). The topological polar surface area (TPSA) is 67.3 Å². The lowest BCUT2D eigenvalue weighted by molar-refractivity contribution is 0.0965. The molecule has 3 N–H and O–H groups in total. The van der Waals surface area contributed by atoms with E-state index in [1.54, 1.807) is 0 Å². The fourth-order valence-electron chi connectivity index (χ4n) is 2.69. The van der Waals surface area contributed by atoms with Gasteiger partial charge in [0, 0.05) is 23.6 Å². The van der Waals surface area contributed by atoms with E-state index in [1.165, 1.54) is 0 Å². The standard InChI is InChI=1S/C15H28N4OS/c1-11-14(16)12(2)19(17-11)10-13(20)9-18-6-5-15(3,4)21-8-7-18/h13,20H,5-10,16H2,1-4H3. The summed E-state index contributed by atoms with van der Waals surface area (Å²) < 4.78 is 2.18. The maximum atomic E-state index is 10.4. The highest BCUT2D eigenvalue weighted by molar-refractivity contribution is 8.00. The van der Waals surface area contributed by atoms with Crippen LogP contribution >= 0.6 is 11.8 Å². The van der Waals surface area contributed by atoms with Crippen molar-refractivity contribution in [3.05, 3.63) is 11.4 Å². The van der Waals surface area contributed by atoms with Crippen LogP contribution in [-0.4, -0.2) is 56.0 Å². The van der Waals surface area contributed by atoms with Gasteiger partial charge in [-0.3, -0.25) is 9.58 Å². The van der Waals surface area contributed by atoms with Crippen LogP contribution in [0.1, 0.15) is 31.7 Å². The number of aromatic nitrogens is 2. The summed E-state index contributed by atoms with van der Waals surface area (Å²) in [7, 11) is 0. The van der Waals surface area contributed by atoms with E-state index in [2.05, 4.69) is 23.8 Å². The van der Waals surface area contributed by atoms with Gasteiger partial charge in [0.15, 0.2) is 0 Å². The highest BCUT2D eigenvalue weighted by Crippen LogP contribution is 2.30. The molecule has 5 nitrogen and oxygen atoms in total. The minimum atomic E-state index is -0.409. The summed E-state index contributed by atoms with van der Waals surface area (Å²) in [5, 5.41) is 14.7. The Kier molecular flexibility index (Phi) is 5.22. The van der Waals surface area contributed by atoms with Crippen molar-refractivity contribution in [2.45, 2.75) is 51.5 Å². The molecule has 0 aromatic carbocycles. The van der Waals surface area contributed by atoms with E-state index < -0.39 is 6.10 Å². The molecule has 21 heavy (non-hydrogen) atoms. The number of aryl methyl sites for hydroxylation is 1. The first-order chi connectivity index (χ1) is 9.78. The molecule has 120 valence electrons. The van der Waals surface area contributed by atoms with E-state index in [-0.39, 0.29) is 0 Å². The van der Waals surface area contributed by atoms with Crippen LogP contribution in [0.3, 0.4) is 0 Å². The monoisotopic (exact) mass is 312 g/mol. The molecule has 1 aromatic heterocycles. The third-order valence-corrected chi connectivity index (χ3v) is 5.59.